The van der Waals surface area contributed by atoms with E-state index < -0.39 is 0 Å². The molecule has 0 atom stereocenters. The van der Waals surface area contributed by atoms with Crippen molar-refractivity contribution >= 4 is 54.8 Å². The molecule has 1 aromatic carbocycles. The molecule has 2 nitrogen and oxygen atoms in total. The van der Waals surface area contributed by atoms with Crippen LogP contribution in [0.2, 0.25) is 0 Å². The predicted molar refractivity (Wildman–Crippen MR) is 79.0 cm³/mol. The maximum Gasteiger partial charge on any atom is 0.266 e. The number of anilines is 1. The number of carbonyl (C=O) groups excluding carboxylic acids is 1. The number of benzene rings is 1. The average Bonchev–Trinajstić information content (AvgIpc) is 2.76. The van der Waals surface area contributed by atoms with Crippen molar-refractivity contribution < 1.29 is 4.79 Å². The minimum atomic E-state index is -0.0846. The van der Waals surface area contributed by atoms with Gasteiger partial charge >= 0.3 is 0 Å². The van der Waals surface area contributed by atoms with Crippen LogP contribution in [0.5, 0.6) is 0 Å². The molecule has 0 radical (unpaired) electrons. The molecule has 0 saturated carbocycles. The number of amides is 1. The van der Waals surface area contributed by atoms with Gasteiger partial charge in [-0.2, -0.15) is 0 Å². The van der Waals surface area contributed by atoms with Gasteiger partial charge in [-0.3, -0.25) is 4.79 Å². The summed E-state index contributed by atoms with van der Waals surface area (Å²) in [5.41, 5.74) is 1.94. The number of halogens is 2. The number of thiophene rings is 1. The van der Waals surface area contributed by atoms with Crippen LogP contribution in [-0.2, 0) is 5.33 Å². The van der Waals surface area contributed by atoms with Crippen LogP contribution in [0.1, 0.15) is 15.2 Å². The third-order valence-corrected chi connectivity index (χ3v) is 4.65. The van der Waals surface area contributed by atoms with Crippen molar-refractivity contribution in [1.82, 2.24) is 0 Å². The molecule has 0 aliphatic carbocycles. The molecular weight excluding hydrogens is 366 g/mol. The first kappa shape index (κ1) is 12.8. The summed E-state index contributed by atoms with van der Waals surface area (Å²) in [5.74, 6) is -0.0846. The number of rotatable bonds is 3. The minimum Gasteiger partial charge on any atom is -0.321 e. The maximum atomic E-state index is 12.0. The summed E-state index contributed by atoms with van der Waals surface area (Å²) < 4.78 is 0.830. The van der Waals surface area contributed by atoms with E-state index in [2.05, 4.69) is 37.2 Å². The highest BCUT2D eigenvalue weighted by Gasteiger charge is 2.11. The summed E-state index contributed by atoms with van der Waals surface area (Å²) >= 11 is 8.16. The Labute approximate surface area is 120 Å². The largest absolute Gasteiger partial charge is 0.321 e. The molecule has 0 fully saturated rings. The second-order valence-corrected chi connectivity index (χ2v) is 5.72. The van der Waals surface area contributed by atoms with E-state index in [-0.39, 0.29) is 5.91 Å². The number of carbonyl (C=O) groups is 1. The van der Waals surface area contributed by atoms with Crippen molar-refractivity contribution in [3.63, 3.8) is 0 Å². The Morgan fingerprint density at radius 1 is 1.35 bits per heavy atom. The van der Waals surface area contributed by atoms with Crippen LogP contribution in [-0.4, -0.2) is 5.91 Å². The minimum absolute atomic E-state index is 0.0846. The lowest BCUT2D eigenvalue weighted by Crippen LogP contribution is -2.10. The first-order valence-corrected chi connectivity index (χ1v) is 7.69. The standard InChI is InChI=1S/C12H9Br2NOS/c13-7-8-2-1-3-9(6-8)15-12(16)11-10(14)4-5-17-11/h1-6H,7H2,(H,15,16). The Bertz CT molecular complexity index is 539. The second-order valence-electron chi connectivity index (χ2n) is 3.39. The van der Waals surface area contributed by atoms with E-state index in [1.807, 2.05) is 35.7 Å². The van der Waals surface area contributed by atoms with Crippen LogP contribution in [0.25, 0.3) is 0 Å². The van der Waals surface area contributed by atoms with Gasteiger partial charge in [-0.1, -0.05) is 28.1 Å². The maximum absolute atomic E-state index is 12.0. The molecule has 2 aromatic rings. The third-order valence-electron chi connectivity index (χ3n) is 2.16. The smallest absolute Gasteiger partial charge is 0.266 e. The average molecular weight is 375 g/mol. The van der Waals surface area contributed by atoms with Gasteiger partial charge in [0, 0.05) is 15.5 Å². The summed E-state index contributed by atoms with van der Waals surface area (Å²) in [7, 11) is 0. The Balaban J connectivity index is 2.16. The van der Waals surface area contributed by atoms with E-state index in [0.717, 1.165) is 21.1 Å². The highest BCUT2D eigenvalue weighted by Crippen LogP contribution is 2.24. The highest BCUT2D eigenvalue weighted by molar-refractivity contribution is 9.10. The van der Waals surface area contributed by atoms with E-state index in [0.29, 0.717) is 4.88 Å². The summed E-state index contributed by atoms with van der Waals surface area (Å²) in [6.45, 7) is 0. The molecule has 0 aliphatic heterocycles. The summed E-state index contributed by atoms with van der Waals surface area (Å²) in [6, 6.07) is 9.63. The van der Waals surface area contributed by atoms with Crippen molar-refractivity contribution in [2.45, 2.75) is 5.33 Å². The lowest BCUT2D eigenvalue weighted by Gasteiger charge is -2.05. The van der Waals surface area contributed by atoms with Gasteiger partial charge in [0.25, 0.3) is 5.91 Å². The van der Waals surface area contributed by atoms with Crippen molar-refractivity contribution in [3.05, 3.63) is 50.6 Å². The van der Waals surface area contributed by atoms with E-state index in [1.165, 1.54) is 11.3 Å². The van der Waals surface area contributed by atoms with Crippen LogP contribution < -0.4 is 5.32 Å². The van der Waals surface area contributed by atoms with Gasteiger partial charge in [-0.05, 0) is 45.1 Å². The predicted octanol–water partition coefficient (Wildman–Crippen LogP) is 4.66. The van der Waals surface area contributed by atoms with Crippen LogP contribution in [0.3, 0.4) is 0 Å². The van der Waals surface area contributed by atoms with Crippen LogP contribution in [0.15, 0.2) is 40.2 Å². The van der Waals surface area contributed by atoms with Crippen LogP contribution >= 0.6 is 43.2 Å². The van der Waals surface area contributed by atoms with E-state index in [1.54, 1.807) is 0 Å². The molecule has 0 saturated heterocycles. The molecule has 1 heterocycles. The fourth-order valence-corrected chi connectivity index (χ4v) is 3.17. The molecule has 1 amide bonds. The number of hydrogen-bond acceptors (Lipinski definition) is 2. The van der Waals surface area contributed by atoms with Gasteiger partial charge in [0.05, 0.1) is 0 Å². The van der Waals surface area contributed by atoms with Gasteiger partial charge in [0.2, 0.25) is 0 Å². The van der Waals surface area contributed by atoms with Gasteiger partial charge < -0.3 is 5.32 Å². The summed E-state index contributed by atoms with van der Waals surface area (Å²) in [6.07, 6.45) is 0. The Kier molecular flexibility index (Phi) is 4.36. The van der Waals surface area contributed by atoms with Crippen molar-refractivity contribution in [2.24, 2.45) is 0 Å². The zero-order valence-corrected chi connectivity index (χ0v) is 12.7. The molecule has 0 unspecified atom stereocenters. The van der Waals surface area contributed by atoms with Crippen molar-refractivity contribution in [3.8, 4) is 0 Å². The Morgan fingerprint density at radius 3 is 2.82 bits per heavy atom. The number of alkyl halides is 1. The first-order valence-electron chi connectivity index (χ1n) is 4.90. The Hall–Kier alpha value is -0.650. The monoisotopic (exact) mass is 373 g/mol. The molecule has 1 aromatic heterocycles. The quantitative estimate of drug-likeness (QED) is 0.778. The summed E-state index contributed by atoms with van der Waals surface area (Å²) in [5, 5.41) is 5.54. The fourth-order valence-electron chi connectivity index (χ4n) is 1.38. The van der Waals surface area contributed by atoms with Crippen LogP contribution in [0, 0.1) is 0 Å². The van der Waals surface area contributed by atoms with E-state index in [9.17, 15) is 4.79 Å². The van der Waals surface area contributed by atoms with Gasteiger partial charge in [-0.15, -0.1) is 11.3 Å². The second kappa shape index (κ2) is 5.80. The lowest BCUT2D eigenvalue weighted by molar-refractivity contribution is 0.103. The molecule has 88 valence electrons. The molecule has 5 heteroatoms. The van der Waals surface area contributed by atoms with Gasteiger partial charge in [-0.25, -0.2) is 0 Å². The van der Waals surface area contributed by atoms with E-state index in [4.69, 9.17) is 0 Å². The number of hydrogen-bond donors (Lipinski definition) is 1. The molecule has 1 N–H and O–H groups in total. The number of nitrogens with one attached hydrogen (secondary N) is 1. The fraction of sp³-hybridized carbons (Fsp3) is 0.0833. The molecule has 17 heavy (non-hydrogen) atoms. The first-order chi connectivity index (χ1) is 8.20. The van der Waals surface area contributed by atoms with Crippen molar-refractivity contribution in [1.29, 1.82) is 0 Å². The summed E-state index contributed by atoms with van der Waals surface area (Å²) in [4.78, 5) is 12.6. The zero-order valence-electron chi connectivity index (χ0n) is 8.74. The SMILES string of the molecule is O=C(Nc1cccc(CBr)c1)c1sccc1Br. The van der Waals surface area contributed by atoms with Gasteiger partial charge in [0.15, 0.2) is 0 Å². The molecule has 0 bridgehead atoms. The normalized spacial score (nSPS) is 10.2. The molecule has 2 rings (SSSR count). The third kappa shape index (κ3) is 3.18. The van der Waals surface area contributed by atoms with Crippen LogP contribution in [0.4, 0.5) is 5.69 Å². The van der Waals surface area contributed by atoms with E-state index >= 15 is 0 Å². The zero-order chi connectivity index (χ0) is 12.3. The highest BCUT2D eigenvalue weighted by atomic mass is 79.9. The molecule has 0 spiro atoms. The van der Waals surface area contributed by atoms with Crippen molar-refractivity contribution in [2.75, 3.05) is 5.32 Å². The Morgan fingerprint density at radius 2 is 2.18 bits per heavy atom. The topological polar surface area (TPSA) is 29.1 Å². The molecule has 0 aliphatic rings. The lowest BCUT2D eigenvalue weighted by atomic mass is 10.2. The van der Waals surface area contributed by atoms with Gasteiger partial charge in [0.1, 0.15) is 4.88 Å². The molecular formula is C12H9Br2NOS.